The minimum absolute atomic E-state index is 0.104. The Morgan fingerprint density at radius 1 is 1.45 bits per heavy atom. The van der Waals surface area contributed by atoms with Crippen LogP contribution in [0.15, 0.2) is 23.0 Å². The summed E-state index contributed by atoms with van der Waals surface area (Å²) in [6, 6.07) is 4.79. The van der Waals surface area contributed by atoms with Crippen LogP contribution in [0.2, 0.25) is 0 Å². The Kier molecular flexibility index (Phi) is 3.94. The van der Waals surface area contributed by atoms with Gasteiger partial charge in [0.05, 0.1) is 18.4 Å². The van der Waals surface area contributed by atoms with E-state index in [0.717, 1.165) is 12.2 Å². The Labute approximate surface area is 127 Å². The molecule has 2 aromatic rings. The number of hydrogen-bond donors (Lipinski definition) is 1. The molecule has 1 N–H and O–H groups in total. The van der Waals surface area contributed by atoms with Crippen molar-refractivity contribution in [1.29, 1.82) is 0 Å². The van der Waals surface area contributed by atoms with Crippen LogP contribution in [-0.4, -0.2) is 28.5 Å². The normalized spacial score (nSPS) is 14.7. The van der Waals surface area contributed by atoms with Crippen LogP contribution in [0.4, 0.5) is 4.39 Å². The van der Waals surface area contributed by atoms with Gasteiger partial charge in [-0.15, -0.1) is 0 Å². The average Bonchev–Trinajstić information content (AvgIpc) is 2.49. The van der Waals surface area contributed by atoms with Crippen LogP contribution in [0.5, 0.6) is 5.75 Å². The SMILES string of the molecule is COc1cccc(F)c1CN1CCc2nc(C)[nH]c(=O)c2C1. The minimum atomic E-state index is -0.291. The molecule has 1 aromatic heterocycles. The van der Waals surface area contributed by atoms with E-state index in [9.17, 15) is 9.18 Å². The van der Waals surface area contributed by atoms with Crippen LogP contribution in [0.1, 0.15) is 22.6 Å². The zero-order chi connectivity index (χ0) is 15.7. The second-order valence-corrected chi connectivity index (χ2v) is 5.46. The van der Waals surface area contributed by atoms with E-state index in [1.807, 2.05) is 4.90 Å². The highest BCUT2D eigenvalue weighted by Gasteiger charge is 2.22. The topological polar surface area (TPSA) is 58.2 Å². The number of aromatic nitrogens is 2. The third kappa shape index (κ3) is 2.74. The van der Waals surface area contributed by atoms with E-state index in [4.69, 9.17) is 4.74 Å². The zero-order valence-electron chi connectivity index (χ0n) is 12.6. The van der Waals surface area contributed by atoms with Gasteiger partial charge in [0.25, 0.3) is 5.56 Å². The lowest BCUT2D eigenvalue weighted by Crippen LogP contribution is -2.35. The molecule has 0 aliphatic carbocycles. The third-order valence-corrected chi connectivity index (χ3v) is 3.94. The summed E-state index contributed by atoms with van der Waals surface area (Å²) in [6.07, 6.45) is 0.691. The molecule has 5 nitrogen and oxygen atoms in total. The van der Waals surface area contributed by atoms with E-state index in [1.165, 1.54) is 13.2 Å². The van der Waals surface area contributed by atoms with Crippen LogP contribution >= 0.6 is 0 Å². The number of aryl methyl sites for hydroxylation is 1. The number of hydrogen-bond acceptors (Lipinski definition) is 4. The molecule has 1 aliphatic heterocycles. The van der Waals surface area contributed by atoms with Gasteiger partial charge in [0, 0.05) is 31.6 Å². The van der Waals surface area contributed by atoms with Crippen molar-refractivity contribution in [2.45, 2.75) is 26.4 Å². The molecular formula is C16H18FN3O2. The molecule has 0 atom stereocenters. The van der Waals surface area contributed by atoms with E-state index >= 15 is 0 Å². The summed E-state index contributed by atoms with van der Waals surface area (Å²) in [5.41, 5.74) is 1.93. The van der Waals surface area contributed by atoms with Crippen molar-refractivity contribution in [2.75, 3.05) is 13.7 Å². The zero-order valence-corrected chi connectivity index (χ0v) is 12.6. The van der Waals surface area contributed by atoms with Crippen molar-refractivity contribution < 1.29 is 9.13 Å². The minimum Gasteiger partial charge on any atom is -0.496 e. The van der Waals surface area contributed by atoms with Crippen molar-refractivity contribution in [3.63, 3.8) is 0 Å². The van der Waals surface area contributed by atoms with Crippen molar-refractivity contribution in [1.82, 2.24) is 14.9 Å². The van der Waals surface area contributed by atoms with Crippen LogP contribution in [0.3, 0.4) is 0 Å². The second kappa shape index (κ2) is 5.88. The molecule has 116 valence electrons. The van der Waals surface area contributed by atoms with Gasteiger partial charge >= 0.3 is 0 Å². The molecule has 0 amide bonds. The van der Waals surface area contributed by atoms with Crippen LogP contribution in [0.25, 0.3) is 0 Å². The third-order valence-electron chi connectivity index (χ3n) is 3.94. The molecule has 0 spiro atoms. The number of rotatable bonds is 3. The van der Waals surface area contributed by atoms with Crippen molar-refractivity contribution in [3.05, 3.63) is 57.0 Å². The fourth-order valence-electron chi connectivity index (χ4n) is 2.85. The summed E-state index contributed by atoms with van der Waals surface area (Å²) in [7, 11) is 1.53. The first-order valence-corrected chi connectivity index (χ1v) is 7.21. The summed E-state index contributed by atoms with van der Waals surface area (Å²) < 4.78 is 19.3. The maximum atomic E-state index is 14.0. The number of fused-ring (bicyclic) bond motifs is 1. The molecule has 2 heterocycles. The predicted octanol–water partition coefficient (Wildman–Crippen LogP) is 1.78. The van der Waals surface area contributed by atoms with Crippen molar-refractivity contribution in [2.24, 2.45) is 0 Å². The molecule has 0 bridgehead atoms. The molecule has 6 heteroatoms. The van der Waals surface area contributed by atoms with E-state index in [-0.39, 0.29) is 11.4 Å². The number of aromatic amines is 1. The quantitative estimate of drug-likeness (QED) is 0.939. The molecule has 0 saturated carbocycles. The molecule has 0 radical (unpaired) electrons. The first-order chi connectivity index (χ1) is 10.6. The molecule has 0 fully saturated rings. The van der Waals surface area contributed by atoms with Gasteiger partial charge in [-0.05, 0) is 19.1 Å². The summed E-state index contributed by atoms with van der Waals surface area (Å²) >= 11 is 0. The fraction of sp³-hybridized carbons (Fsp3) is 0.375. The summed E-state index contributed by atoms with van der Waals surface area (Å²) in [6.45, 7) is 3.39. The molecule has 22 heavy (non-hydrogen) atoms. The smallest absolute Gasteiger partial charge is 0.255 e. The van der Waals surface area contributed by atoms with E-state index in [1.54, 1.807) is 19.1 Å². The predicted molar refractivity (Wildman–Crippen MR) is 80.4 cm³/mol. The van der Waals surface area contributed by atoms with Crippen molar-refractivity contribution >= 4 is 0 Å². The van der Waals surface area contributed by atoms with Crippen LogP contribution < -0.4 is 10.3 Å². The van der Waals surface area contributed by atoms with E-state index in [2.05, 4.69) is 9.97 Å². The Morgan fingerprint density at radius 2 is 2.27 bits per heavy atom. The van der Waals surface area contributed by atoms with Gasteiger partial charge in [-0.1, -0.05) is 6.07 Å². The summed E-state index contributed by atoms with van der Waals surface area (Å²) in [5, 5.41) is 0. The monoisotopic (exact) mass is 303 g/mol. The van der Waals surface area contributed by atoms with Gasteiger partial charge in [-0.3, -0.25) is 9.69 Å². The number of ether oxygens (including phenoxy) is 1. The standard InChI is InChI=1S/C16H18FN3O2/c1-10-18-14-6-7-20(9-12(14)16(21)19-10)8-11-13(17)4-3-5-15(11)22-2/h3-5H,6-9H2,1-2H3,(H,18,19,21). The largest absolute Gasteiger partial charge is 0.496 e. The Balaban J connectivity index is 1.86. The summed E-state index contributed by atoms with van der Waals surface area (Å²) in [5.74, 6) is 0.871. The number of benzene rings is 1. The van der Waals surface area contributed by atoms with Crippen LogP contribution in [0, 0.1) is 12.7 Å². The molecular weight excluding hydrogens is 285 g/mol. The lowest BCUT2D eigenvalue weighted by atomic mass is 10.1. The number of methoxy groups -OCH3 is 1. The molecule has 3 rings (SSSR count). The van der Waals surface area contributed by atoms with E-state index in [0.29, 0.717) is 42.2 Å². The Hall–Kier alpha value is -2.21. The first kappa shape index (κ1) is 14.7. The van der Waals surface area contributed by atoms with Gasteiger partial charge in [0.1, 0.15) is 17.4 Å². The lowest BCUT2D eigenvalue weighted by Gasteiger charge is -2.28. The number of nitrogens with zero attached hydrogens (tertiary/aromatic N) is 2. The second-order valence-electron chi connectivity index (χ2n) is 5.46. The van der Waals surface area contributed by atoms with Gasteiger partial charge in [0.15, 0.2) is 0 Å². The van der Waals surface area contributed by atoms with Gasteiger partial charge in [-0.25, -0.2) is 9.37 Å². The highest BCUT2D eigenvalue weighted by molar-refractivity contribution is 5.35. The highest BCUT2D eigenvalue weighted by atomic mass is 19.1. The lowest BCUT2D eigenvalue weighted by molar-refractivity contribution is 0.234. The molecule has 0 saturated heterocycles. The Morgan fingerprint density at radius 3 is 3.05 bits per heavy atom. The molecule has 1 aromatic carbocycles. The van der Waals surface area contributed by atoms with Gasteiger partial charge in [-0.2, -0.15) is 0 Å². The maximum Gasteiger partial charge on any atom is 0.255 e. The van der Waals surface area contributed by atoms with Gasteiger partial charge < -0.3 is 9.72 Å². The number of H-pyrrole nitrogens is 1. The first-order valence-electron chi connectivity index (χ1n) is 7.21. The molecule has 1 aliphatic rings. The van der Waals surface area contributed by atoms with E-state index < -0.39 is 0 Å². The summed E-state index contributed by atoms with van der Waals surface area (Å²) in [4.78, 5) is 21.2. The van der Waals surface area contributed by atoms with Crippen molar-refractivity contribution in [3.8, 4) is 5.75 Å². The molecule has 0 unspecified atom stereocenters. The number of halogens is 1. The van der Waals surface area contributed by atoms with Crippen LogP contribution in [-0.2, 0) is 19.5 Å². The average molecular weight is 303 g/mol. The number of nitrogens with one attached hydrogen (secondary N) is 1. The Bertz CT molecular complexity index is 758. The highest BCUT2D eigenvalue weighted by Crippen LogP contribution is 2.25. The van der Waals surface area contributed by atoms with Gasteiger partial charge in [0.2, 0.25) is 0 Å². The maximum absolute atomic E-state index is 14.0. The fourth-order valence-corrected chi connectivity index (χ4v) is 2.85.